The highest BCUT2D eigenvalue weighted by atomic mass is 35.5. The van der Waals surface area contributed by atoms with Gasteiger partial charge in [0.25, 0.3) is 0 Å². The third-order valence-electron chi connectivity index (χ3n) is 7.12. The number of aliphatic hydroxyl groups excluding tert-OH is 2. The Kier molecular flexibility index (Phi) is 8.19. The lowest BCUT2D eigenvalue weighted by molar-refractivity contribution is -0.0491. The lowest BCUT2D eigenvalue weighted by Gasteiger charge is -2.21. The highest BCUT2D eigenvalue weighted by Crippen LogP contribution is 2.55. The molecular formula is C24H29ClFN3O9P2. The topological polar surface area (TPSA) is 184 Å². The van der Waals surface area contributed by atoms with Gasteiger partial charge in [-0.3, -0.25) is 9.13 Å². The van der Waals surface area contributed by atoms with Gasteiger partial charge in [0.1, 0.15) is 34.9 Å². The van der Waals surface area contributed by atoms with Crippen LogP contribution in [-0.4, -0.2) is 65.3 Å². The van der Waals surface area contributed by atoms with E-state index < -0.39 is 58.3 Å². The molecule has 6 N–H and O–H groups in total. The van der Waals surface area contributed by atoms with Crippen LogP contribution >= 0.6 is 26.8 Å². The van der Waals surface area contributed by atoms with E-state index >= 15 is 0 Å². The highest BCUT2D eigenvalue weighted by molar-refractivity contribution is 7.70. The van der Waals surface area contributed by atoms with Crippen LogP contribution in [0.3, 0.4) is 0 Å². The summed E-state index contributed by atoms with van der Waals surface area (Å²) in [6.07, 6.45) is -3.39. The number of aliphatic hydroxyl groups is 2. The third kappa shape index (κ3) is 5.87. The summed E-state index contributed by atoms with van der Waals surface area (Å²) in [5, 5.41) is 25.8. The summed E-state index contributed by atoms with van der Waals surface area (Å²) in [5.74, 6) is -1.76. The van der Waals surface area contributed by atoms with Crippen LogP contribution in [-0.2, 0) is 31.2 Å². The molecule has 0 bridgehead atoms. The van der Waals surface area contributed by atoms with Crippen molar-refractivity contribution in [3.63, 3.8) is 0 Å². The molecule has 12 nitrogen and oxygen atoms in total. The van der Waals surface area contributed by atoms with Gasteiger partial charge in [0, 0.05) is 22.3 Å². The van der Waals surface area contributed by atoms with Gasteiger partial charge in [0.15, 0.2) is 12.1 Å². The van der Waals surface area contributed by atoms with Gasteiger partial charge in [-0.15, -0.1) is 0 Å². The molecule has 0 saturated carbocycles. The van der Waals surface area contributed by atoms with Crippen LogP contribution in [0.15, 0.2) is 30.3 Å². The van der Waals surface area contributed by atoms with E-state index in [1.54, 1.807) is 28.8 Å². The van der Waals surface area contributed by atoms with Crippen LogP contribution in [0.25, 0.3) is 11.0 Å². The molecule has 5 rings (SSSR count). The molecule has 1 saturated heterocycles. The molecule has 1 aromatic carbocycles. The van der Waals surface area contributed by atoms with E-state index in [0.29, 0.717) is 35.1 Å². The Morgan fingerprint density at radius 2 is 1.95 bits per heavy atom. The zero-order chi connectivity index (χ0) is 29.0. The average Bonchev–Trinajstić information content (AvgIpc) is 3.50. The fraction of sp³-hybridized carbons (Fsp3) is 0.458. The van der Waals surface area contributed by atoms with Crippen molar-refractivity contribution in [3.8, 4) is 0 Å². The number of aromatic nitrogens is 2. The Hall–Kier alpha value is -1.89. The minimum absolute atomic E-state index is 0.125. The van der Waals surface area contributed by atoms with Crippen molar-refractivity contribution in [2.24, 2.45) is 0 Å². The van der Waals surface area contributed by atoms with E-state index in [2.05, 4.69) is 10.3 Å². The minimum Gasteiger partial charge on any atom is -0.387 e. The Balaban J connectivity index is 1.48. The third-order valence-corrected chi connectivity index (χ3v) is 10.8. The van der Waals surface area contributed by atoms with Crippen LogP contribution in [0.4, 0.5) is 10.1 Å². The van der Waals surface area contributed by atoms with Gasteiger partial charge in [0.2, 0.25) is 0 Å². The molecule has 0 spiro atoms. The van der Waals surface area contributed by atoms with Crippen LogP contribution in [0.2, 0.25) is 5.15 Å². The SMILES string of the molecule is C[C@H](Nc1cc(Cl)nc2c1c1c(n2[C@@H]2O[C@H](COP(=O)(O)CP(=O)(O)O)[C@@H](O)[C@H]2O)CCC1)c1ccccc1F. The van der Waals surface area contributed by atoms with Gasteiger partial charge < -0.3 is 44.0 Å². The summed E-state index contributed by atoms with van der Waals surface area (Å²) in [7, 11) is -9.56. The van der Waals surface area contributed by atoms with Crippen molar-refractivity contribution in [1.82, 2.24) is 9.55 Å². The molecule has 3 aromatic rings. The van der Waals surface area contributed by atoms with E-state index in [1.807, 2.05) is 6.92 Å². The van der Waals surface area contributed by atoms with Crippen LogP contribution in [0.1, 0.15) is 42.4 Å². The smallest absolute Gasteiger partial charge is 0.340 e. The highest BCUT2D eigenvalue weighted by Gasteiger charge is 2.47. The number of halogens is 2. The number of hydrogen-bond acceptors (Lipinski definition) is 8. The summed E-state index contributed by atoms with van der Waals surface area (Å²) >= 11 is 6.40. The van der Waals surface area contributed by atoms with E-state index in [0.717, 1.165) is 17.7 Å². The molecule has 16 heteroatoms. The fourth-order valence-electron chi connectivity index (χ4n) is 5.43. The summed E-state index contributed by atoms with van der Waals surface area (Å²) in [6, 6.07) is 7.62. The van der Waals surface area contributed by atoms with Crippen molar-refractivity contribution in [2.75, 3.05) is 17.8 Å². The lowest BCUT2D eigenvalue weighted by Crippen LogP contribution is -2.33. The molecule has 1 fully saturated rings. The van der Waals surface area contributed by atoms with Crippen molar-refractivity contribution in [1.29, 1.82) is 0 Å². The molecular weight excluding hydrogens is 591 g/mol. The maximum absolute atomic E-state index is 14.5. The van der Waals surface area contributed by atoms with Crippen molar-refractivity contribution in [2.45, 2.75) is 56.8 Å². The second kappa shape index (κ2) is 11.1. The predicted molar refractivity (Wildman–Crippen MR) is 144 cm³/mol. The van der Waals surface area contributed by atoms with E-state index in [9.17, 15) is 28.6 Å². The maximum atomic E-state index is 14.5. The number of pyridine rings is 1. The second-order valence-corrected chi connectivity index (χ2v) is 14.4. The quantitative estimate of drug-likeness (QED) is 0.152. The van der Waals surface area contributed by atoms with Gasteiger partial charge in [-0.2, -0.15) is 0 Å². The maximum Gasteiger partial charge on any atom is 0.340 e. The first-order valence-electron chi connectivity index (χ1n) is 12.5. The Morgan fingerprint density at radius 1 is 1.23 bits per heavy atom. The monoisotopic (exact) mass is 619 g/mol. The molecule has 2 aliphatic rings. The summed E-state index contributed by atoms with van der Waals surface area (Å²) < 4.78 is 50.0. The van der Waals surface area contributed by atoms with Crippen molar-refractivity contribution in [3.05, 3.63) is 58.1 Å². The van der Waals surface area contributed by atoms with E-state index in [-0.39, 0.29) is 11.0 Å². The normalized spacial score (nSPS) is 25.2. The Labute approximate surface area is 233 Å². The minimum atomic E-state index is -4.85. The number of hydrogen-bond donors (Lipinski definition) is 6. The molecule has 1 unspecified atom stereocenters. The molecule has 0 amide bonds. The Morgan fingerprint density at radius 3 is 2.65 bits per heavy atom. The van der Waals surface area contributed by atoms with Gasteiger partial charge in [0.05, 0.1) is 12.6 Å². The van der Waals surface area contributed by atoms with Crippen LogP contribution < -0.4 is 5.32 Å². The Bertz CT molecular complexity index is 1530. The second-order valence-electron chi connectivity index (χ2n) is 10.0. The van der Waals surface area contributed by atoms with E-state index in [4.69, 9.17) is 30.6 Å². The number of aryl methyl sites for hydroxylation is 1. The van der Waals surface area contributed by atoms with Gasteiger partial charge in [-0.25, -0.2) is 9.37 Å². The summed E-state index contributed by atoms with van der Waals surface area (Å²) in [4.78, 5) is 32.3. The lowest BCUT2D eigenvalue weighted by atomic mass is 10.1. The van der Waals surface area contributed by atoms with E-state index in [1.165, 1.54) is 6.07 Å². The van der Waals surface area contributed by atoms with Crippen molar-refractivity contribution >= 4 is 43.5 Å². The number of ether oxygens (including phenoxy) is 1. The first-order chi connectivity index (χ1) is 18.8. The molecule has 2 aromatic heterocycles. The molecule has 1 aliphatic carbocycles. The molecule has 218 valence electrons. The molecule has 40 heavy (non-hydrogen) atoms. The number of rotatable bonds is 9. The van der Waals surface area contributed by atoms with Gasteiger partial charge in [-0.1, -0.05) is 29.8 Å². The first kappa shape index (κ1) is 29.6. The number of benzene rings is 1. The van der Waals surface area contributed by atoms with Crippen LogP contribution in [0, 0.1) is 5.82 Å². The number of nitrogens with one attached hydrogen (secondary N) is 1. The standard InChI is InChI=1S/C24H29ClFN3O9P2/c1-12(13-5-2-3-7-15(13)26)27-16-9-19(25)28-23-20(16)14-6-4-8-17(14)29(23)24-22(31)21(30)18(38-24)10-37-40(35,36)11-39(32,33)34/h2-3,5,7,9,12,18,21-22,24,30-31H,4,6,8,10-11H2,1H3,(H,27,28)(H,35,36)(H2,32,33,34)/t12-,18+,21+,22+,24+/m0/s1. The zero-order valence-electron chi connectivity index (χ0n) is 21.2. The van der Waals surface area contributed by atoms with Gasteiger partial charge in [-0.05, 0) is 43.9 Å². The average molecular weight is 620 g/mol. The largest absolute Gasteiger partial charge is 0.387 e. The number of fused-ring (bicyclic) bond motifs is 3. The number of nitrogens with zero attached hydrogens (tertiary/aromatic N) is 2. The summed E-state index contributed by atoms with van der Waals surface area (Å²) in [6.45, 7) is 1.11. The van der Waals surface area contributed by atoms with Gasteiger partial charge >= 0.3 is 15.2 Å². The van der Waals surface area contributed by atoms with Crippen LogP contribution in [0.5, 0.6) is 0 Å². The fourth-order valence-corrected chi connectivity index (χ4v) is 8.19. The molecule has 6 atom stereocenters. The van der Waals surface area contributed by atoms with Crippen molar-refractivity contribution < 1.29 is 47.7 Å². The predicted octanol–water partition coefficient (Wildman–Crippen LogP) is 3.45. The first-order valence-corrected chi connectivity index (χ1v) is 16.5. The molecule has 0 radical (unpaired) electrons. The zero-order valence-corrected chi connectivity index (χ0v) is 23.8. The molecule has 3 heterocycles. The number of anilines is 1. The summed E-state index contributed by atoms with van der Waals surface area (Å²) in [5.41, 5.74) is 3.18. The molecule has 1 aliphatic heterocycles.